The van der Waals surface area contributed by atoms with Gasteiger partial charge in [0.05, 0.1) is 18.6 Å². The lowest BCUT2D eigenvalue weighted by molar-refractivity contribution is -0.142. The van der Waals surface area contributed by atoms with Gasteiger partial charge in [-0.05, 0) is 37.8 Å². The second-order valence-electron chi connectivity index (χ2n) is 6.28. The minimum absolute atomic E-state index is 0.0281. The minimum atomic E-state index is -4.51. The van der Waals surface area contributed by atoms with Gasteiger partial charge in [0.2, 0.25) is 10.0 Å². The predicted molar refractivity (Wildman–Crippen MR) is 92.1 cm³/mol. The van der Waals surface area contributed by atoms with Gasteiger partial charge in [0.15, 0.2) is 5.69 Å². The lowest BCUT2D eigenvalue weighted by Gasteiger charge is -2.15. The Morgan fingerprint density at radius 3 is 2.70 bits per heavy atom. The van der Waals surface area contributed by atoms with E-state index in [0.717, 1.165) is 6.42 Å². The SMILES string of the molecule is COc1cccc(S(=O)(=O)NCCn2nc(C(F)(F)F)c3c2CCCC3)c1. The quantitative estimate of drug-likeness (QED) is 0.805. The third kappa shape index (κ3) is 4.27. The number of ether oxygens (including phenoxy) is 1. The highest BCUT2D eigenvalue weighted by molar-refractivity contribution is 7.89. The molecule has 1 aliphatic carbocycles. The van der Waals surface area contributed by atoms with Crippen LogP contribution in [0.1, 0.15) is 29.8 Å². The first kappa shape index (κ1) is 19.7. The van der Waals surface area contributed by atoms with Gasteiger partial charge in [-0.3, -0.25) is 4.68 Å². The van der Waals surface area contributed by atoms with Crippen LogP contribution in [0.3, 0.4) is 0 Å². The highest BCUT2D eigenvalue weighted by atomic mass is 32.2. The average molecular weight is 403 g/mol. The van der Waals surface area contributed by atoms with E-state index in [-0.39, 0.29) is 23.5 Å². The number of fused-ring (bicyclic) bond motifs is 1. The number of benzene rings is 1. The first-order chi connectivity index (χ1) is 12.7. The number of hydrogen-bond acceptors (Lipinski definition) is 4. The Morgan fingerprint density at radius 1 is 1.26 bits per heavy atom. The van der Waals surface area contributed by atoms with Gasteiger partial charge in [-0.25, -0.2) is 13.1 Å². The van der Waals surface area contributed by atoms with Crippen molar-refractivity contribution in [2.24, 2.45) is 0 Å². The number of methoxy groups -OCH3 is 1. The zero-order valence-electron chi connectivity index (χ0n) is 14.7. The van der Waals surface area contributed by atoms with Gasteiger partial charge in [-0.1, -0.05) is 6.07 Å². The van der Waals surface area contributed by atoms with E-state index in [2.05, 4.69) is 9.82 Å². The Morgan fingerprint density at radius 2 is 2.00 bits per heavy atom. The number of rotatable bonds is 6. The molecule has 1 aliphatic rings. The summed E-state index contributed by atoms with van der Waals surface area (Å²) in [6.45, 7) is -0.0351. The summed E-state index contributed by atoms with van der Waals surface area (Å²) < 4.78 is 73.0. The van der Waals surface area contributed by atoms with Crippen LogP contribution >= 0.6 is 0 Å². The largest absolute Gasteiger partial charge is 0.497 e. The lowest BCUT2D eigenvalue weighted by atomic mass is 9.95. The Hall–Kier alpha value is -2.07. The molecule has 1 heterocycles. The fourth-order valence-corrected chi connectivity index (χ4v) is 4.28. The van der Waals surface area contributed by atoms with E-state index in [9.17, 15) is 21.6 Å². The van der Waals surface area contributed by atoms with Crippen LogP contribution in [0.25, 0.3) is 0 Å². The summed E-state index contributed by atoms with van der Waals surface area (Å²) in [6, 6.07) is 5.96. The zero-order chi connectivity index (χ0) is 19.7. The molecule has 6 nitrogen and oxygen atoms in total. The average Bonchev–Trinajstić information content (AvgIpc) is 3.01. The van der Waals surface area contributed by atoms with E-state index in [0.29, 0.717) is 30.7 Å². The van der Waals surface area contributed by atoms with E-state index < -0.39 is 21.9 Å². The van der Waals surface area contributed by atoms with E-state index in [4.69, 9.17) is 4.74 Å². The molecule has 2 aromatic rings. The molecular formula is C17H20F3N3O3S. The molecule has 0 saturated heterocycles. The first-order valence-corrected chi connectivity index (χ1v) is 10.00. The van der Waals surface area contributed by atoms with Gasteiger partial charge in [0.1, 0.15) is 5.75 Å². The van der Waals surface area contributed by atoms with Gasteiger partial charge in [-0.2, -0.15) is 18.3 Å². The molecule has 0 radical (unpaired) electrons. The van der Waals surface area contributed by atoms with Crippen molar-refractivity contribution >= 4 is 10.0 Å². The number of nitrogens with one attached hydrogen (secondary N) is 1. The second kappa shape index (κ2) is 7.51. The molecule has 0 bridgehead atoms. The maximum atomic E-state index is 13.2. The lowest BCUT2D eigenvalue weighted by Crippen LogP contribution is -2.28. The van der Waals surface area contributed by atoms with Crippen LogP contribution in [-0.2, 0) is 35.6 Å². The molecule has 0 fully saturated rings. The summed E-state index contributed by atoms with van der Waals surface area (Å²) in [5.41, 5.74) is -0.0635. The number of sulfonamides is 1. The van der Waals surface area contributed by atoms with Crippen molar-refractivity contribution in [2.75, 3.05) is 13.7 Å². The summed E-state index contributed by atoms with van der Waals surface area (Å²) in [5, 5.41) is 3.72. The molecule has 148 valence electrons. The fourth-order valence-electron chi connectivity index (χ4n) is 3.22. The minimum Gasteiger partial charge on any atom is -0.497 e. The number of hydrogen-bond donors (Lipinski definition) is 1. The van der Waals surface area contributed by atoms with Gasteiger partial charge < -0.3 is 4.74 Å². The van der Waals surface area contributed by atoms with Crippen molar-refractivity contribution in [1.29, 1.82) is 0 Å². The van der Waals surface area contributed by atoms with Crippen LogP contribution in [-0.4, -0.2) is 31.9 Å². The maximum absolute atomic E-state index is 13.2. The Balaban J connectivity index is 1.74. The summed E-state index contributed by atoms with van der Waals surface area (Å²) in [5.74, 6) is 0.397. The van der Waals surface area contributed by atoms with E-state index >= 15 is 0 Å². The highest BCUT2D eigenvalue weighted by Crippen LogP contribution is 2.35. The van der Waals surface area contributed by atoms with Crippen molar-refractivity contribution in [3.63, 3.8) is 0 Å². The van der Waals surface area contributed by atoms with Gasteiger partial charge >= 0.3 is 6.18 Å². The monoisotopic (exact) mass is 403 g/mol. The van der Waals surface area contributed by atoms with Crippen molar-refractivity contribution < 1.29 is 26.3 Å². The molecule has 0 atom stereocenters. The first-order valence-electron chi connectivity index (χ1n) is 8.52. The van der Waals surface area contributed by atoms with Crippen LogP contribution in [0.4, 0.5) is 13.2 Å². The Kier molecular flexibility index (Phi) is 5.48. The van der Waals surface area contributed by atoms with E-state index in [1.165, 1.54) is 23.9 Å². The van der Waals surface area contributed by atoms with Gasteiger partial charge in [0, 0.05) is 23.9 Å². The van der Waals surface area contributed by atoms with Gasteiger partial charge in [-0.15, -0.1) is 0 Å². The van der Waals surface area contributed by atoms with Crippen molar-refractivity contribution in [3.05, 3.63) is 41.2 Å². The molecular weight excluding hydrogens is 383 g/mol. The summed E-state index contributed by atoms with van der Waals surface area (Å²) in [6.07, 6.45) is -2.15. The fraction of sp³-hybridized carbons (Fsp3) is 0.471. The van der Waals surface area contributed by atoms with Crippen LogP contribution < -0.4 is 9.46 Å². The molecule has 0 saturated carbocycles. The number of halogens is 3. The number of alkyl halides is 3. The van der Waals surface area contributed by atoms with E-state index in [1.54, 1.807) is 12.1 Å². The number of nitrogens with zero attached hydrogens (tertiary/aromatic N) is 2. The van der Waals surface area contributed by atoms with E-state index in [1.807, 2.05) is 0 Å². The molecule has 1 aromatic heterocycles. The number of aromatic nitrogens is 2. The summed E-state index contributed by atoms with van der Waals surface area (Å²) >= 11 is 0. The topological polar surface area (TPSA) is 73.2 Å². The second-order valence-corrected chi connectivity index (χ2v) is 8.05. The van der Waals surface area contributed by atoms with Crippen molar-refractivity contribution in [3.8, 4) is 5.75 Å². The summed E-state index contributed by atoms with van der Waals surface area (Å²) in [7, 11) is -2.37. The maximum Gasteiger partial charge on any atom is 0.435 e. The van der Waals surface area contributed by atoms with Crippen LogP contribution in [0.15, 0.2) is 29.2 Å². The van der Waals surface area contributed by atoms with Crippen LogP contribution in [0.5, 0.6) is 5.75 Å². The van der Waals surface area contributed by atoms with Crippen molar-refractivity contribution in [1.82, 2.24) is 14.5 Å². The molecule has 27 heavy (non-hydrogen) atoms. The predicted octanol–water partition coefficient (Wildman–Crippen LogP) is 2.77. The molecule has 0 spiro atoms. The molecule has 1 N–H and O–H groups in total. The smallest absolute Gasteiger partial charge is 0.435 e. The molecule has 10 heteroatoms. The van der Waals surface area contributed by atoms with Crippen LogP contribution in [0, 0.1) is 0 Å². The zero-order valence-corrected chi connectivity index (χ0v) is 15.5. The standard InChI is InChI=1S/C17H20F3N3O3S/c1-26-12-5-4-6-13(11-12)27(24,25)21-9-10-23-15-8-3-2-7-14(15)16(22-23)17(18,19)20/h4-6,11,21H,2-3,7-10H2,1H3. The third-order valence-electron chi connectivity index (χ3n) is 4.49. The van der Waals surface area contributed by atoms with Crippen molar-refractivity contribution in [2.45, 2.75) is 43.3 Å². The molecule has 0 unspecified atom stereocenters. The molecule has 0 aliphatic heterocycles. The van der Waals surface area contributed by atoms with Crippen LogP contribution in [0.2, 0.25) is 0 Å². The Labute approximate surface area is 155 Å². The molecule has 1 aromatic carbocycles. The van der Waals surface area contributed by atoms with Gasteiger partial charge in [0.25, 0.3) is 0 Å². The summed E-state index contributed by atoms with van der Waals surface area (Å²) in [4.78, 5) is 0.0281. The third-order valence-corrected chi connectivity index (χ3v) is 5.95. The molecule has 0 amide bonds. The Bertz CT molecular complexity index is 923. The normalized spacial score (nSPS) is 14.8. The highest BCUT2D eigenvalue weighted by Gasteiger charge is 2.39. The molecule has 3 rings (SSSR count).